The minimum Gasteiger partial charge on any atom is -0.312 e. The van der Waals surface area contributed by atoms with E-state index in [1.807, 2.05) is 45.9 Å². The summed E-state index contributed by atoms with van der Waals surface area (Å²) < 4.78 is 38.4. The number of alkyl halides is 3. The van der Waals surface area contributed by atoms with Gasteiger partial charge in [-0.3, -0.25) is 9.69 Å². The molecule has 1 saturated heterocycles. The first-order valence-electron chi connectivity index (χ1n) is 10.2. The van der Waals surface area contributed by atoms with E-state index < -0.39 is 17.9 Å². The second kappa shape index (κ2) is 8.69. The molecule has 31 heavy (non-hydrogen) atoms. The Bertz CT molecular complexity index is 971. The number of hydrogen-bond donors (Lipinski definition) is 0. The van der Waals surface area contributed by atoms with Crippen molar-refractivity contribution in [1.82, 2.24) is 9.88 Å². The van der Waals surface area contributed by atoms with E-state index in [1.165, 1.54) is 15.9 Å². The van der Waals surface area contributed by atoms with Gasteiger partial charge in [-0.05, 0) is 43.0 Å². The number of Topliss-reactive ketones (excluding diaryl/α,β-unsaturated/α-hetero) is 1. The average Bonchev–Trinajstić information content (AvgIpc) is 3.01. The van der Waals surface area contributed by atoms with Crippen molar-refractivity contribution in [3.8, 4) is 0 Å². The molecule has 1 aromatic carbocycles. The third-order valence-electron chi connectivity index (χ3n) is 5.61. The van der Waals surface area contributed by atoms with Gasteiger partial charge in [-0.2, -0.15) is 13.2 Å². The Balaban J connectivity index is 1.77. The molecule has 0 radical (unpaired) electrons. The molecular formula is C23H26F3N3O2. The van der Waals surface area contributed by atoms with Gasteiger partial charge in [0, 0.05) is 13.0 Å². The zero-order valence-corrected chi connectivity index (χ0v) is 18.0. The van der Waals surface area contributed by atoms with Crippen molar-refractivity contribution in [3.05, 3.63) is 58.9 Å². The fourth-order valence-electron chi connectivity index (χ4n) is 3.79. The minimum absolute atomic E-state index is 0.0420. The summed E-state index contributed by atoms with van der Waals surface area (Å²) in [6, 6.07) is 7.41. The number of anilines is 1. The lowest BCUT2D eigenvalue weighted by atomic mass is 9.99. The van der Waals surface area contributed by atoms with E-state index in [9.17, 15) is 22.8 Å². The number of amides is 2. The number of carbonyl (C=O) groups is 2. The third kappa shape index (κ3) is 5.06. The first-order chi connectivity index (χ1) is 14.5. The van der Waals surface area contributed by atoms with Crippen LogP contribution in [0, 0.1) is 19.8 Å². The van der Waals surface area contributed by atoms with Gasteiger partial charge in [0.1, 0.15) is 5.69 Å². The van der Waals surface area contributed by atoms with Crippen molar-refractivity contribution >= 4 is 17.5 Å². The number of benzene rings is 1. The van der Waals surface area contributed by atoms with Crippen LogP contribution in [0.3, 0.4) is 0 Å². The molecule has 3 rings (SSSR count). The maximum Gasteiger partial charge on any atom is 0.433 e. The predicted octanol–water partition coefficient (Wildman–Crippen LogP) is 4.80. The number of pyridine rings is 1. The van der Waals surface area contributed by atoms with E-state index in [2.05, 4.69) is 4.98 Å². The standard InChI is InChI=1S/C23H26F3N3O2/c1-14(2)20-13-28(18-7-8-21(27-11-18)23(24,25)26)22(31)29(20)12-19(30)10-17-9-15(3)5-6-16(17)4/h5-9,11,14,20H,10,12-13H2,1-4H3/t20-/m1/s1. The van der Waals surface area contributed by atoms with E-state index in [4.69, 9.17) is 0 Å². The Hall–Kier alpha value is -2.90. The highest BCUT2D eigenvalue weighted by Crippen LogP contribution is 2.31. The Morgan fingerprint density at radius 2 is 1.90 bits per heavy atom. The Kier molecular flexibility index (Phi) is 6.38. The minimum atomic E-state index is -4.54. The van der Waals surface area contributed by atoms with Crippen LogP contribution in [0.25, 0.3) is 0 Å². The molecule has 0 aliphatic carbocycles. The van der Waals surface area contributed by atoms with Crippen LogP contribution >= 0.6 is 0 Å². The van der Waals surface area contributed by atoms with Crippen LogP contribution in [0.4, 0.5) is 23.7 Å². The normalized spacial score (nSPS) is 17.0. The number of nitrogens with zero attached hydrogens (tertiary/aromatic N) is 3. The summed E-state index contributed by atoms with van der Waals surface area (Å²) in [5.41, 5.74) is 2.29. The summed E-state index contributed by atoms with van der Waals surface area (Å²) in [5.74, 6) is -0.00930. The second-order valence-corrected chi connectivity index (χ2v) is 8.38. The summed E-state index contributed by atoms with van der Waals surface area (Å²) in [6.07, 6.45) is -3.26. The maximum absolute atomic E-state index is 13.1. The fraction of sp³-hybridized carbons (Fsp3) is 0.435. The van der Waals surface area contributed by atoms with Crippen LogP contribution in [-0.2, 0) is 17.4 Å². The van der Waals surface area contributed by atoms with Crippen LogP contribution in [0.2, 0.25) is 0 Å². The first-order valence-corrected chi connectivity index (χ1v) is 10.2. The number of carbonyl (C=O) groups excluding carboxylic acids is 2. The number of aromatic nitrogens is 1. The Labute approximate surface area is 179 Å². The van der Waals surface area contributed by atoms with Gasteiger partial charge >= 0.3 is 12.2 Å². The van der Waals surface area contributed by atoms with Gasteiger partial charge in [0.05, 0.1) is 24.5 Å². The molecule has 0 bridgehead atoms. The molecule has 1 aromatic heterocycles. The third-order valence-corrected chi connectivity index (χ3v) is 5.61. The van der Waals surface area contributed by atoms with E-state index in [1.54, 1.807) is 0 Å². The molecular weight excluding hydrogens is 407 g/mol. The number of aryl methyl sites for hydroxylation is 2. The van der Waals surface area contributed by atoms with E-state index >= 15 is 0 Å². The quantitative estimate of drug-likeness (QED) is 0.658. The molecule has 2 aromatic rings. The average molecular weight is 433 g/mol. The topological polar surface area (TPSA) is 53.5 Å². The van der Waals surface area contributed by atoms with Gasteiger partial charge in [0.2, 0.25) is 0 Å². The van der Waals surface area contributed by atoms with Crippen molar-refractivity contribution in [2.45, 2.75) is 46.3 Å². The number of ketones is 1. The van der Waals surface area contributed by atoms with Crippen molar-refractivity contribution in [2.24, 2.45) is 5.92 Å². The first kappa shape index (κ1) is 22.8. The summed E-state index contributed by atoms with van der Waals surface area (Å²) in [6.45, 7) is 8.06. The largest absolute Gasteiger partial charge is 0.433 e. The molecule has 0 spiro atoms. The number of urea groups is 1. The second-order valence-electron chi connectivity index (χ2n) is 8.38. The van der Waals surface area contributed by atoms with Crippen molar-refractivity contribution in [2.75, 3.05) is 18.0 Å². The number of rotatable bonds is 6. The van der Waals surface area contributed by atoms with Crippen LogP contribution in [0.1, 0.15) is 36.2 Å². The highest BCUT2D eigenvalue weighted by atomic mass is 19.4. The van der Waals surface area contributed by atoms with Gasteiger partial charge < -0.3 is 4.90 Å². The Morgan fingerprint density at radius 3 is 2.48 bits per heavy atom. The summed E-state index contributed by atoms with van der Waals surface area (Å²) in [7, 11) is 0. The summed E-state index contributed by atoms with van der Waals surface area (Å²) in [4.78, 5) is 32.2. The zero-order chi connectivity index (χ0) is 22.9. The van der Waals surface area contributed by atoms with Crippen LogP contribution in [0.15, 0.2) is 36.5 Å². The monoisotopic (exact) mass is 433 g/mol. The molecule has 0 saturated carbocycles. The molecule has 0 N–H and O–H groups in total. The SMILES string of the molecule is Cc1ccc(C)c(CC(=O)CN2C(=O)N(c3ccc(C(F)(F)F)nc3)C[C@@H]2C(C)C)c1. The molecule has 8 heteroatoms. The summed E-state index contributed by atoms with van der Waals surface area (Å²) >= 11 is 0. The van der Waals surface area contributed by atoms with Crippen LogP contribution < -0.4 is 4.90 Å². The van der Waals surface area contributed by atoms with Crippen molar-refractivity contribution in [3.63, 3.8) is 0 Å². The van der Waals surface area contributed by atoms with E-state index in [-0.39, 0.29) is 36.4 Å². The lowest BCUT2D eigenvalue weighted by Gasteiger charge is -2.25. The molecule has 1 atom stereocenters. The summed E-state index contributed by atoms with van der Waals surface area (Å²) in [5, 5.41) is 0. The van der Waals surface area contributed by atoms with Crippen molar-refractivity contribution in [1.29, 1.82) is 0 Å². The lowest BCUT2D eigenvalue weighted by molar-refractivity contribution is -0.141. The predicted molar refractivity (Wildman–Crippen MR) is 112 cm³/mol. The van der Waals surface area contributed by atoms with E-state index in [0.29, 0.717) is 6.54 Å². The van der Waals surface area contributed by atoms with Crippen LogP contribution in [0.5, 0.6) is 0 Å². The zero-order valence-electron chi connectivity index (χ0n) is 18.0. The number of halogens is 3. The highest BCUT2D eigenvalue weighted by Gasteiger charge is 2.41. The molecule has 1 aliphatic heterocycles. The van der Waals surface area contributed by atoms with Gasteiger partial charge in [-0.15, -0.1) is 0 Å². The smallest absolute Gasteiger partial charge is 0.312 e. The van der Waals surface area contributed by atoms with Gasteiger partial charge in [-0.25, -0.2) is 9.78 Å². The molecule has 1 aliphatic rings. The fourth-order valence-corrected chi connectivity index (χ4v) is 3.79. The van der Waals surface area contributed by atoms with Gasteiger partial charge in [0.25, 0.3) is 0 Å². The Morgan fingerprint density at radius 1 is 1.19 bits per heavy atom. The lowest BCUT2D eigenvalue weighted by Crippen LogP contribution is -2.41. The van der Waals surface area contributed by atoms with Crippen molar-refractivity contribution < 1.29 is 22.8 Å². The molecule has 2 amide bonds. The highest BCUT2D eigenvalue weighted by molar-refractivity contribution is 5.97. The van der Waals surface area contributed by atoms with Gasteiger partial charge in [-0.1, -0.05) is 37.6 Å². The van der Waals surface area contributed by atoms with E-state index in [0.717, 1.165) is 29.0 Å². The molecule has 0 unspecified atom stereocenters. The molecule has 1 fully saturated rings. The molecule has 5 nitrogen and oxygen atoms in total. The molecule has 2 heterocycles. The number of hydrogen-bond acceptors (Lipinski definition) is 3. The maximum atomic E-state index is 13.1. The van der Waals surface area contributed by atoms with Gasteiger partial charge in [0.15, 0.2) is 5.78 Å². The molecule has 166 valence electrons. The van der Waals surface area contributed by atoms with Crippen LogP contribution in [-0.4, -0.2) is 40.8 Å².